The van der Waals surface area contributed by atoms with Crippen molar-refractivity contribution in [1.82, 2.24) is 10.2 Å². The second kappa shape index (κ2) is 5.85. The highest BCUT2D eigenvalue weighted by Crippen LogP contribution is 2.23. The summed E-state index contributed by atoms with van der Waals surface area (Å²) in [5.74, 6) is 0.201. The summed E-state index contributed by atoms with van der Waals surface area (Å²) in [6.07, 6.45) is 2.28. The summed E-state index contributed by atoms with van der Waals surface area (Å²) < 4.78 is 0. The van der Waals surface area contributed by atoms with Crippen LogP contribution in [0.3, 0.4) is 0 Å². The van der Waals surface area contributed by atoms with E-state index in [1.807, 2.05) is 11.0 Å². The van der Waals surface area contributed by atoms with Gasteiger partial charge in [-0.3, -0.25) is 4.79 Å². The lowest BCUT2D eigenvalue weighted by molar-refractivity contribution is 0.0667. The van der Waals surface area contributed by atoms with Crippen molar-refractivity contribution in [1.29, 1.82) is 0 Å². The molecule has 1 amide bonds. The fraction of sp³-hybridized carbons (Fsp3) is 0.643. The molecular weight excluding hydrogens is 244 g/mol. The van der Waals surface area contributed by atoms with E-state index in [-0.39, 0.29) is 5.91 Å². The summed E-state index contributed by atoms with van der Waals surface area (Å²) in [4.78, 5) is 16.7. The number of carbonyl (C=O) groups excluding carboxylic acids is 1. The molecule has 3 nitrogen and oxygen atoms in total. The van der Waals surface area contributed by atoms with Crippen molar-refractivity contribution in [3.8, 4) is 0 Å². The molecular formula is C14H22N2OS. The topological polar surface area (TPSA) is 32.3 Å². The molecule has 0 bridgehead atoms. The lowest BCUT2D eigenvalue weighted by Crippen LogP contribution is -2.48. The fourth-order valence-electron chi connectivity index (χ4n) is 2.49. The molecule has 1 N–H and O–H groups in total. The molecule has 0 spiro atoms. The number of thiophene rings is 1. The Bertz CT molecular complexity index is 402. The molecule has 1 saturated heterocycles. The molecule has 1 fully saturated rings. The normalized spacial score (nSPS) is 19.8. The molecule has 1 aliphatic heterocycles. The Balaban J connectivity index is 2.13. The van der Waals surface area contributed by atoms with Gasteiger partial charge in [0.25, 0.3) is 5.91 Å². The van der Waals surface area contributed by atoms with Crippen molar-refractivity contribution < 1.29 is 4.79 Å². The summed E-state index contributed by atoms with van der Waals surface area (Å²) in [5, 5.41) is 3.38. The van der Waals surface area contributed by atoms with E-state index in [4.69, 9.17) is 0 Å². The molecule has 0 aromatic carbocycles. The van der Waals surface area contributed by atoms with Crippen LogP contribution in [0.5, 0.6) is 0 Å². The standard InChI is InChI=1S/C14H22N2OS/c1-4-16(12-6-5-7-15-9-12)14(17)13-8-10(2)11(3)18-13/h8,12,15H,4-7,9H2,1-3H3. The monoisotopic (exact) mass is 266 g/mol. The van der Waals surface area contributed by atoms with Crippen molar-refractivity contribution in [3.63, 3.8) is 0 Å². The molecule has 1 aliphatic rings. The van der Waals surface area contributed by atoms with Gasteiger partial charge in [-0.15, -0.1) is 11.3 Å². The van der Waals surface area contributed by atoms with Crippen LogP contribution in [-0.4, -0.2) is 36.5 Å². The maximum Gasteiger partial charge on any atom is 0.264 e. The first-order chi connectivity index (χ1) is 8.63. The highest BCUT2D eigenvalue weighted by Gasteiger charge is 2.25. The molecule has 1 unspecified atom stereocenters. The quantitative estimate of drug-likeness (QED) is 0.912. The smallest absolute Gasteiger partial charge is 0.264 e. The number of hydrogen-bond donors (Lipinski definition) is 1. The maximum absolute atomic E-state index is 12.5. The van der Waals surface area contributed by atoms with Crippen LogP contribution >= 0.6 is 11.3 Å². The summed E-state index contributed by atoms with van der Waals surface area (Å²) in [6, 6.07) is 2.39. The molecule has 100 valence electrons. The Morgan fingerprint density at radius 1 is 1.56 bits per heavy atom. The molecule has 0 radical (unpaired) electrons. The first-order valence-corrected chi connectivity index (χ1v) is 7.53. The van der Waals surface area contributed by atoms with E-state index in [2.05, 4.69) is 26.1 Å². The number of likely N-dealkylation sites (N-methyl/N-ethyl adjacent to an activating group) is 1. The number of rotatable bonds is 3. The molecule has 1 aromatic rings. The minimum Gasteiger partial charge on any atom is -0.334 e. The number of carbonyl (C=O) groups is 1. The van der Waals surface area contributed by atoms with Gasteiger partial charge in [0.15, 0.2) is 0 Å². The van der Waals surface area contributed by atoms with Crippen LogP contribution in [0.25, 0.3) is 0 Å². The zero-order chi connectivity index (χ0) is 13.1. The van der Waals surface area contributed by atoms with Gasteiger partial charge in [0.2, 0.25) is 0 Å². The van der Waals surface area contributed by atoms with Crippen LogP contribution in [0.1, 0.15) is 39.9 Å². The molecule has 1 aromatic heterocycles. The Labute approximate surface area is 113 Å². The van der Waals surface area contributed by atoms with Crippen LogP contribution in [0.2, 0.25) is 0 Å². The van der Waals surface area contributed by atoms with Gasteiger partial charge >= 0.3 is 0 Å². The van der Waals surface area contributed by atoms with Gasteiger partial charge in [0.05, 0.1) is 4.88 Å². The third kappa shape index (κ3) is 2.75. The third-order valence-corrected chi connectivity index (χ3v) is 4.83. The minimum absolute atomic E-state index is 0.201. The number of nitrogens with zero attached hydrogens (tertiary/aromatic N) is 1. The Kier molecular flexibility index (Phi) is 4.40. The second-order valence-electron chi connectivity index (χ2n) is 4.94. The minimum atomic E-state index is 0.201. The van der Waals surface area contributed by atoms with Gasteiger partial charge in [-0.1, -0.05) is 0 Å². The largest absolute Gasteiger partial charge is 0.334 e. The van der Waals surface area contributed by atoms with E-state index < -0.39 is 0 Å². The van der Waals surface area contributed by atoms with Crippen molar-refractivity contribution in [2.45, 2.75) is 39.7 Å². The first kappa shape index (κ1) is 13.6. The average molecular weight is 266 g/mol. The SMILES string of the molecule is CCN(C(=O)c1cc(C)c(C)s1)C1CCCNC1. The maximum atomic E-state index is 12.5. The number of amides is 1. The summed E-state index contributed by atoms with van der Waals surface area (Å²) in [5.41, 5.74) is 1.22. The molecule has 1 atom stereocenters. The van der Waals surface area contributed by atoms with Gasteiger partial charge in [-0.05, 0) is 51.8 Å². The molecule has 0 aliphatic carbocycles. The average Bonchev–Trinajstić information content (AvgIpc) is 2.72. The van der Waals surface area contributed by atoms with E-state index in [0.29, 0.717) is 6.04 Å². The summed E-state index contributed by atoms with van der Waals surface area (Å²) in [6.45, 7) is 9.03. The third-order valence-electron chi connectivity index (χ3n) is 3.69. The molecule has 2 rings (SSSR count). The zero-order valence-electron chi connectivity index (χ0n) is 11.5. The van der Waals surface area contributed by atoms with Gasteiger partial charge in [0.1, 0.15) is 0 Å². The van der Waals surface area contributed by atoms with Gasteiger partial charge in [-0.25, -0.2) is 0 Å². The molecule has 2 heterocycles. The van der Waals surface area contributed by atoms with Crippen molar-refractivity contribution in [2.24, 2.45) is 0 Å². The lowest BCUT2D eigenvalue weighted by atomic mass is 10.1. The van der Waals surface area contributed by atoms with Crippen molar-refractivity contribution in [3.05, 3.63) is 21.4 Å². The first-order valence-electron chi connectivity index (χ1n) is 6.72. The number of nitrogens with one attached hydrogen (secondary N) is 1. The van der Waals surface area contributed by atoms with Crippen LogP contribution in [0, 0.1) is 13.8 Å². The van der Waals surface area contributed by atoms with Crippen molar-refractivity contribution >= 4 is 17.2 Å². The number of piperidine rings is 1. The molecule has 4 heteroatoms. The van der Waals surface area contributed by atoms with E-state index in [9.17, 15) is 4.79 Å². The Morgan fingerprint density at radius 2 is 2.33 bits per heavy atom. The van der Waals surface area contributed by atoms with E-state index >= 15 is 0 Å². The van der Waals surface area contributed by atoms with Crippen molar-refractivity contribution in [2.75, 3.05) is 19.6 Å². The second-order valence-corrected chi connectivity index (χ2v) is 6.20. The predicted octanol–water partition coefficient (Wildman–Crippen LogP) is 2.58. The fourth-order valence-corrected chi connectivity index (χ4v) is 3.48. The molecule has 18 heavy (non-hydrogen) atoms. The lowest BCUT2D eigenvalue weighted by Gasteiger charge is -2.33. The zero-order valence-corrected chi connectivity index (χ0v) is 12.3. The Morgan fingerprint density at radius 3 is 2.83 bits per heavy atom. The summed E-state index contributed by atoms with van der Waals surface area (Å²) in [7, 11) is 0. The Hall–Kier alpha value is -0.870. The van der Waals surface area contributed by atoms with E-state index in [1.165, 1.54) is 10.4 Å². The highest BCUT2D eigenvalue weighted by molar-refractivity contribution is 7.14. The number of aryl methyl sites for hydroxylation is 2. The van der Waals surface area contributed by atoms with Gasteiger partial charge < -0.3 is 10.2 Å². The molecule has 0 saturated carbocycles. The van der Waals surface area contributed by atoms with E-state index in [1.54, 1.807) is 11.3 Å². The van der Waals surface area contributed by atoms with Crippen LogP contribution in [0.15, 0.2) is 6.07 Å². The van der Waals surface area contributed by atoms with Gasteiger partial charge in [-0.2, -0.15) is 0 Å². The summed E-state index contributed by atoms with van der Waals surface area (Å²) >= 11 is 1.62. The van der Waals surface area contributed by atoms with Crippen LogP contribution in [0.4, 0.5) is 0 Å². The van der Waals surface area contributed by atoms with Crippen LogP contribution in [-0.2, 0) is 0 Å². The van der Waals surface area contributed by atoms with Crippen LogP contribution < -0.4 is 5.32 Å². The van der Waals surface area contributed by atoms with E-state index in [0.717, 1.165) is 37.4 Å². The van der Waals surface area contributed by atoms with Gasteiger partial charge in [0, 0.05) is 24.0 Å². The highest BCUT2D eigenvalue weighted by atomic mass is 32.1. The number of hydrogen-bond acceptors (Lipinski definition) is 3. The predicted molar refractivity (Wildman–Crippen MR) is 76.4 cm³/mol.